The number of amidine groups is 1. The van der Waals surface area contributed by atoms with E-state index in [2.05, 4.69) is 17.2 Å². The van der Waals surface area contributed by atoms with Gasteiger partial charge in [0.2, 0.25) is 0 Å². The van der Waals surface area contributed by atoms with Crippen molar-refractivity contribution in [2.24, 2.45) is 4.99 Å². The summed E-state index contributed by atoms with van der Waals surface area (Å²) >= 11 is 1.69. The average molecular weight is 224 g/mol. The largest absolute Gasteiger partial charge is 0.335 e. The molecule has 80 valence electrons. The van der Waals surface area contributed by atoms with Crippen LogP contribution in [0.5, 0.6) is 0 Å². The summed E-state index contributed by atoms with van der Waals surface area (Å²) in [5.74, 6) is 0.796. The molecule has 15 heavy (non-hydrogen) atoms. The molecular weight excluding hydrogens is 211 g/mol. The molecule has 0 bridgehead atoms. The van der Waals surface area contributed by atoms with Gasteiger partial charge in [0, 0.05) is 11.4 Å². The molecule has 1 N–H and O–H groups in total. The fourth-order valence-electron chi connectivity index (χ4n) is 1.38. The van der Waals surface area contributed by atoms with Gasteiger partial charge in [0.1, 0.15) is 5.82 Å². The van der Waals surface area contributed by atoms with E-state index in [0.717, 1.165) is 23.0 Å². The van der Waals surface area contributed by atoms with Crippen molar-refractivity contribution in [1.82, 2.24) is 0 Å². The third kappa shape index (κ3) is 2.72. The summed E-state index contributed by atoms with van der Waals surface area (Å²) in [7, 11) is 0. The van der Waals surface area contributed by atoms with Crippen molar-refractivity contribution >= 4 is 22.6 Å². The summed E-state index contributed by atoms with van der Waals surface area (Å²) in [5.41, 5.74) is 0.762. The molecule has 0 saturated carbocycles. The molecule has 2 rings (SSSR count). The molecule has 4 heteroatoms. The van der Waals surface area contributed by atoms with Gasteiger partial charge in [0.25, 0.3) is 0 Å². The average Bonchev–Trinajstić information content (AvgIpc) is 2.65. The second kappa shape index (κ2) is 4.66. The Labute approximate surface area is 93.0 Å². The summed E-state index contributed by atoms with van der Waals surface area (Å²) in [4.78, 5) is 4.48. The van der Waals surface area contributed by atoms with Gasteiger partial charge in [-0.05, 0) is 24.6 Å². The summed E-state index contributed by atoms with van der Waals surface area (Å²) < 4.78 is 12.9. The Balaban J connectivity index is 2.03. The molecule has 1 aliphatic heterocycles. The predicted molar refractivity (Wildman–Crippen MR) is 64.0 cm³/mol. The van der Waals surface area contributed by atoms with Crippen LogP contribution in [0.2, 0.25) is 0 Å². The predicted octanol–water partition coefficient (Wildman–Crippen LogP) is 3.12. The second-order valence-corrected chi connectivity index (χ2v) is 4.45. The van der Waals surface area contributed by atoms with Gasteiger partial charge in [-0.15, -0.1) is 0 Å². The number of aliphatic imine (C=N–C) groups is 1. The molecule has 1 aliphatic rings. The molecule has 0 aromatic heterocycles. The Morgan fingerprint density at radius 1 is 1.60 bits per heavy atom. The maximum Gasteiger partial charge on any atom is 0.161 e. The smallest absolute Gasteiger partial charge is 0.161 e. The van der Waals surface area contributed by atoms with E-state index in [0.29, 0.717) is 6.04 Å². The van der Waals surface area contributed by atoms with Crippen LogP contribution in [0.1, 0.15) is 13.3 Å². The van der Waals surface area contributed by atoms with Gasteiger partial charge in [-0.1, -0.05) is 24.8 Å². The highest BCUT2D eigenvalue weighted by atomic mass is 32.2. The minimum atomic E-state index is -0.226. The van der Waals surface area contributed by atoms with Crippen molar-refractivity contribution in [3.05, 3.63) is 30.1 Å². The van der Waals surface area contributed by atoms with Gasteiger partial charge in [-0.2, -0.15) is 0 Å². The summed E-state index contributed by atoms with van der Waals surface area (Å²) in [6.07, 6.45) is 1.06. The Bertz CT molecular complexity index is 379. The number of hydrogen-bond acceptors (Lipinski definition) is 3. The molecule has 0 saturated heterocycles. The summed E-state index contributed by atoms with van der Waals surface area (Å²) in [6, 6.07) is 6.85. The molecule has 2 nitrogen and oxygen atoms in total. The number of anilines is 1. The lowest BCUT2D eigenvalue weighted by Crippen LogP contribution is -2.05. The number of benzene rings is 1. The Morgan fingerprint density at radius 3 is 3.13 bits per heavy atom. The normalized spacial score (nSPS) is 20.1. The van der Waals surface area contributed by atoms with Crippen LogP contribution >= 0.6 is 11.8 Å². The molecule has 1 unspecified atom stereocenters. The minimum absolute atomic E-state index is 0.226. The summed E-state index contributed by atoms with van der Waals surface area (Å²) in [5, 5.41) is 4.01. The number of hydrogen-bond donors (Lipinski definition) is 1. The van der Waals surface area contributed by atoms with Crippen molar-refractivity contribution in [1.29, 1.82) is 0 Å². The first-order valence-corrected chi connectivity index (χ1v) is 5.99. The lowest BCUT2D eigenvalue weighted by molar-refractivity contribution is 0.628. The molecule has 1 aromatic rings. The Hall–Kier alpha value is -1.03. The zero-order valence-corrected chi connectivity index (χ0v) is 9.35. The zero-order valence-electron chi connectivity index (χ0n) is 8.53. The first kappa shape index (κ1) is 10.5. The third-order valence-electron chi connectivity index (χ3n) is 2.26. The molecule has 1 atom stereocenters. The maximum absolute atomic E-state index is 12.9. The first-order chi connectivity index (χ1) is 7.28. The van der Waals surface area contributed by atoms with Crippen LogP contribution in [-0.4, -0.2) is 17.0 Å². The lowest BCUT2D eigenvalue weighted by atomic mass is 10.3. The van der Waals surface area contributed by atoms with E-state index in [-0.39, 0.29) is 5.82 Å². The minimum Gasteiger partial charge on any atom is -0.335 e. The van der Waals surface area contributed by atoms with E-state index < -0.39 is 0 Å². The van der Waals surface area contributed by atoms with E-state index in [4.69, 9.17) is 0 Å². The first-order valence-electron chi connectivity index (χ1n) is 5.01. The van der Waals surface area contributed by atoms with Crippen molar-refractivity contribution in [2.45, 2.75) is 19.4 Å². The zero-order chi connectivity index (χ0) is 10.7. The topological polar surface area (TPSA) is 24.4 Å². The van der Waals surface area contributed by atoms with Gasteiger partial charge in [-0.25, -0.2) is 4.39 Å². The van der Waals surface area contributed by atoms with Gasteiger partial charge < -0.3 is 5.32 Å². The van der Waals surface area contributed by atoms with E-state index >= 15 is 0 Å². The number of nitrogens with zero attached hydrogens (tertiary/aromatic N) is 1. The fraction of sp³-hybridized carbons (Fsp3) is 0.364. The molecule has 0 spiro atoms. The highest BCUT2D eigenvalue weighted by Crippen LogP contribution is 2.21. The molecule has 1 heterocycles. The molecule has 0 radical (unpaired) electrons. The van der Waals surface area contributed by atoms with Crippen molar-refractivity contribution in [3.63, 3.8) is 0 Å². The van der Waals surface area contributed by atoms with Crippen molar-refractivity contribution < 1.29 is 4.39 Å². The molecule has 0 aliphatic carbocycles. The van der Waals surface area contributed by atoms with Gasteiger partial charge in [0.05, 0.1) is 6.04 Å². The number of halogens is 1. The highest BCUT2D eigenvalue weighted by molar-refractivity contribution is 8.14. The maximum atomic E-state index is 12.9. The highest BCUT2D eigenvalue weighted by Gasteiger charge is 2.16. The number of thioether (sulfide) groups is 1. The summed E-state index contributed by atoms with van der Waals surface area (Å²) in [6.45, 7) is 2.12. The number of nitrogens with one attached hydrogen (secondary N) is 1. The Kier molecular flexibility index (Phi) is 3.26. The van der Waals surface area contributed by atoms with E-state index in [1.807, 2.05) is 6.07 Å². The van der Waals surface area contributed by atoms with Gasteiger partial charge >= 0.3 is 0 Å². The Morgan fingerprint density at radius 2 is 2.47 bits per heavy atom. The lowest BCUT2D eigenvalue weighted by Gasteiger charge is -2.04. The molecule has 0 fully saturated rings. The van der Waals surface area contributed by atoms with Crippen LogP contribution in [0.15, 0.2) is 29.3 Å². The third-order valence-corrected chi connectivity index (χ3v) is 3.29. The number of rotatable bonds is 2. The van der Waals surface area contributed by atoms with E-state index in [1.165, 1.54) is 12.1 Å². The molecule has 0 amide bonds. The van der Waals surface area contributed by atoms with Crippen LogP contribution in [0, 0.1) is 5.82 Å². The van der Waals surface area contributed by atoms with Crippen LogP contribution in [0.4, 0.5) is 10.1 Å². The quantitative estimate of drug-likeness (QED) is 0.834. The van der Waals surface area contributed by atoms with E-state index in [9.17, 15) is 4.39 Å². The van der Waals surface area contributed by atoms with Crippen LogP contribution in [-0.2, 0) is 0 Å². The van der Waals surface area contributed by atoms with Crippen LogP contribution in [0.25, 0.3) is 0 Å². The van der Waals surface area contributed by atoms with Crippen LogP contribution in [0.3, 0.4) is 0 Å². The van der Waals surface area contributed by atoms with Crippen molar-refractivity contribution in [2.75, 3.05) is 11.1 Å². The van der Waals surface area contributed by atoms with E-state index in [1.54, 1.807) is 17.8 Å². The van der Waals surface area contributed by atoms with Crippen LogP contribution < -0.4 is 5.32 Å². The van der Waals surface area contributed by atoms with Gasteiger partial charge in [-0.3, -0.25) is 4.99 Å². The molecular formula is C11H13FN2S. The monoisotopic (exact) mass is 224 g/mol. The SMILES string of the molecule is CCC1CSC(Nc2cccc(F)c2)=N1. The standard InChI is InChI=1S/C11H13FN2S/c1-2-9-7-15-11(13-9)14-10-5-3-4-8(12)6-10/h3-6,9H,2,7H2,1H3,(H,13,14). The fourth-order valence-corrected chi connectivity index (χ4v) is 2.46. The molecule has 1 aromatic carbocycles. The van der Waals surface area contributed by atoms with Crippen molar-refractivity contribution in [3.8, 4) is 0 Å². The van der Waals surface area contributed by atoms with Gasteiger partial charge in [0.15, 0.2) is 5.17 Å². The second-order valence-electron chi connectivity index (χ2n) is 3.44.